The van der Waals surface area contributed by atoms with Crippen molar-refractivity contribution in [2.75, 3.05) is 29.9 Å². The lowest BCUT2D eigenvalue weighted by Crippen LogP contribution is -2.22. The van der Waals surface area contributed by atoms with E-state index in [4.69, 9.17) is 0 Å². The molecule has 0 spiro atoms. The van der Waals surface area contributed by atoms with Gasteiger partial charge in [0, 0.05) is 37.5 Å². The van der Waals surface area contributed by atoms with Crippen molar-refractivity contribution in [2.24, 2.45) is 5.92 Å². The molecule has 1 aliphatic rings. The van der Waals surface area contributed by atoms with Crippen LogP contribution in [0.15, 0.2) is 42.5 Å². The second-order valence-corrected chi connectivity index (χ2v) is 5.88. The van der Waals surface area contributed by atoms with Crippen LogP contribution in [0.25, 0.3) is 0 Å². The van der Waals surface area contributed by atoms with Crippen LogP contribution in [0, 0.1) is 27.7 Å². The quantitative estimate of drug-likeness (QED) is 0.668. The molecule has 0 aliphatic carbocycles. The van der Waals surface area contributed by atoms with E-state index in [2.05, 4.69) is 10.2 Å². The zero-order chi connectivity index (χ0) is 17.1. The molecule has 1 atom stereocenters. The molecule has 24 heavy (non-hydrogen) atoms. The van der Waals surface area contributed by atoms with E-state index >= 15 is 0 Å². The first-order valence-corrected chi connectivity index (χ1v) is 7.71. The third kappa shape index (κ3) is 3.61. The van der Waals surface area contributed by atoms with Crippen LogP contribution in [-0.4, -0.2) is 24.6 Å². The Bertz CT molecular complexity index is 737. The molecule has 0 radical (unpaired) electrons. The number of nitro benzene ring substituents is 1. The maximum Gasteiger partial charge on any atom is 0.292 e. The first-order chi connectivity index (χ1) is 11.5. The van der Waals surface area contributed by atoms with Crippen molar-refractivity contribution in [1.29, 1.82) is 0 Å². The Kier molecular flexibility index (Phi) is 4.59. The molecule has 5 nitrogen and oxygen atoms in total. The van der Waals surface area contributed by atoms with Crippen molar-refractivity contribution in [3.63, 3.8) is 0 Å². The average Bonchev–Trinajstić information content (AvgIpc) is 3.02. The fourth-order valence-electron chi connectivity index (χ4n) is 2.95. The van der Waals surface area contributed by atoms with Gasteiger partial charge in [-0.1, -0.05) is 0 Å². The zero-order valence-electron chi connectivity index (χ0n) is 12.9. The van der Waals surface area contributed by atoms with Gasteiger partial charge in [-0.2, -0.15) is 0 Å². The van der Waals surface area contributed by atoms with E-state index in [-0.39, 0.29) is 23.1 Å². The third-order valence-corrected chi connectivity index (χ3v) is 4.21. The van der Waals surface area contributed by atoms with E-state index in [0.29, 0.717) is 6.54 Å². The topological polar surface area (TPSA) is 58.4 Å². The molecule has 2 aromatic rings. The van der Waals surface area contributed by atoms with Gasteiger partial charge in [-0.05, 0) is 42.7 Å². The third-order valence-electron chi connectivity index (χ3n) is 4.21. The van der Waals surface area contributed by atoms with Crippen molar-refractivity contribution in [1.82, 2.24) is 0 Å². The van der Waals surface area contributed by atoms with E-state index in [9.17, 15) is 18.9 Å². The molecule has 1 heterocycles. The van der Waals surface area contributed by atoms with Crippen molar-refractivity contribution in [3.8, 4) is 0 Å². The van der Waals surface area contributed by atoms with Crippen LogP contribution in [0.2, 0.25) is 0 Å². The molecule has 0 aromatic heterocycles. The molecule has 1 aliphatic heterocycles. The number of halogens is 2. The van der Waals surface area contributed by atoms with Crippen molar-refractivity contribution < 1.29 is 13.7 Å². The Balaban J connectivity index is 1.61. The second kappa shape index (κ2) is 6.82. The van der Waals surface area contributed by atoms with Crippen LogP contribution < -0.4 is 10.2 Å². The molecular formula is C17H17F2N3O2. The van der Waals surface area contributed by atoms with Gasteiger partial charge in [0.2, 0.25) is 0 Å². The van der Waals surface area contributed by atoms with Gasteiger partial charge in [0.05, 0.1) is 4.92 Å². The minimum Gasteiger partial charge on any atom is -0.379 e. The SMILES string of the molecule is O=[N+]([O-])c1ccc(F)cc1NCC1CCN(c2ccc(F)cc2)C1. The molecule has 1 fully saturated rings. The number of anilines is 2. The molecule has 1 unspecified atom stereocenters. The standard InChI is InChI=1S/C17H17F2N3O2/c18-13-1-4-15(5-2-13)21-8-7-12(11-21)10-20-16-9-14(19)3-6-17(16)22(23)24/h1-6,9,12,20H,7-8,10-11H2. The van der Waals surface area contributed by atoms with Crippen LogP contribution in [-0.2, 0) is 0 Å². The normalized spacial score (nSPS) is 17.1. The van der Waals surface area contributed by atoms with Crippen LogP contribution in [0.1, 0.15) is 6.42 Å². The van der Waals surface area contributed by atoms with Gasteiger partial charge in [0.15, 0.2) is 0 Å². The predicted molar refractivity (Wildman–Crippen MR) is 88.3 cm³/mol. The summed E-state index contributed by atoms with van der Waals surface area (Å²) in [6.45, 7) is 2.12. The monoisotopic (exact) mass is 333 g/mol. The summed E-state index contributed by atoms with van der Waals surface area (Å²) in [6.07, 6.45) is 0.910. The summed E-state index contributed by atoms with van der Waals surface area (Å²) in [5.41, 5.74) is 1.01. The lowest BCUT2D eigenvalue weighted by molar-refractivity contribution is -0.384. The Morgan fingerprint density at radius 3 is 2.58 bits per heavy atom. The molecule has 1 N–H and O–H groups in total. The van der Waals surface area contributed by atoms with Crippen LogP contribution >= 0.6 is 0 Å². The van der Waals surface area contributed by atoms with Gasteiger partial charge in [0.1, 0.15) is 17.3 Å². The fourth-order valence-corrected chi connectivity index (χ4v) is 2.95. The number of nitrogens with zero attached hydrogens (tertiary/aromatic N) is 2. The molecule has 2 aromatic carbocycles. The molecule has 0 saturated carbocycles. The number of hydrogen-bond acceptors (Lipinski definition) is 4. The Hall–Kier alpha value is -2.70. The highest BCUT2D eigenvalue weighted by molar-refractivity contribution is 5.61. The van der Waals surface area contributed by atoms with Gasteiger partial charge in [-0.25, -0.2) is 8.78 Å². The van der Waals surface area contributed by atoms with E-state index in [1.165, 1.54) is 12.1 Å². The highest BCUT2D eigenvalue weighted by atomic mass is 19.1. The summed E-state index contributed by atoms with van der Waals surface area (Å²) in [6, 6.07) is 9.72. The summed E-state index contributed by atoms with van der Waals surface area (Å²) in [7, 11) is 0. The molecule has 1 saturated heterocycles. The molecule has 0 amide bonds. The zero-order valence-corrected chi connectivity index (χ0v) is 12.9. The van der Waals surface area contributed by atoms with E-state index in [0.717, 1.165) is 43.4 Å². The van der Waals surface area contributed by atoms with Crippen LogP contribution in [0.3, 0.4) is 0 Å². The summed E-state index contributed by atoms with van der Waals surface area (Å²) < 4.78 is 26.3. The minimum atomic E-state index is -0.527. The van der Waals surface area contributed by atoms with Gasteiger partial charge < -0.3 is 10.2 Å². The Morgan fingerprint density at radius 1 is 1.17 bits per heavy atom. The summed E-state index contributed by atoms with van der Waals surface area (Å²) in [4.78, 5) is 12.6. The lowest BCUT2D eigenvalue weighted by atomic mass is 10.1. The molecule has 126 valence electrons. The smallest absolute Gasteiger partial charge is 0.292 e. The van der Waals surface area contributed by atoms with Gasteiger partial charge in [-0.15, -0.1) is 0 Å². The highest BCUT2D eigenvalue weighted by Crippen LogP contribution is 2.27. The number of benzene rings is 2. The first-order valence-electron chi connectivity index (χ1n) is 7.71. The Morgan fingerprint density at radius 2 is 1.88 bits per heavy atom. The number of nitro groups is 1. The maximum atomic E-state index is 13.3. The number of hydrogen-bond donors (Lipinski definition) is 1. The fraction of sp³-hybridized carbons (Fsp3) is 0.294. The number of rotatable bonds is 5. The predicted octanol–water partition coefficient (Wildman–Crippen LogP) is 3.81. The van der Waals surface area contributed by atoms with Crippen LogP contribution in [0.5, 0.6) is 0 Å². The largest absolute Gasteiger partial charge is 0.379 e. The van der Waals surface area contributed by atoms with Crippen molar-refractivity contribution in [2.45, 2.75) is 6.42 Å². The van der Waals surface area contributed by atoms with E-state index < -0.39 is 10.7 Å². The lowest BCUT2D eigenvalue weighted by Gasteiger charge is -2.19. The van der Waals surface area contributed by atoms with Gasteiger partial charge in [-0.3, -0.25) is 10.1 Å². The van der Waals surface area contributed by atoms with Crippen LogP contribution in [0.4, 0.5) is 25.8 Å². The molecule has 3 rings (SSSR count). The molecule has 7 heteroatoms. The molecule has 0 bridgehead atoms. The van der Waals surface area contributed by atoms with Gasteiger partial charge in [0.25, 0.3) is 5.69 Å². The Labute approximate surface area is 138 Å². The number of nitrogens with one attached hydrogen (secondary N) is 1. The summed E-state index contributed by atoms with van der Waals surface area (Å²) >= 11 is 0. The van der Waals surface area contributed by atoms with E-state index in [1.54, 1.807) is 12.1 Å². The van der Waals surface area contributed by atoms with Crippen molar-refractivity contribution >= 4 is 17.1 Å². The first kappa shape index (κ1) is 16.2. The second-order valence-electron chi connectivity index (χ2n) is 5.88. The summed E-state index contributed by atoms with van der Waals surface area (Å²) in [5, 5.41) is 14.0. The average molecular weight is 333 g/mol. The van der Waals surface area contributed by atoms with Gasteiger partial charge >= 0.3 is 0 Å². The molecular weight excluding hydrogens is 316 g/mol. The van der Waals surface area contributed by atoms with E-state index in [1.807, 2.05) is 0 Å². The summed E-state index contributed by atoms with van der Waals surface area (Å²) in [5.74, 6) is -0.505. The maximum absolute atomic E-state index is 13.3. The van der Waals surface area contributed by atoms with Crippen molar-refractivity contribution in [3.05, 3.63) is 64.2 Å². The highest BCUT2D eigenvalue weighted by Gasteiger charge is 2.23. The minimum absolute atomic E-state index is 0.134.